The number of rotatable bonds is 6. The number of halogens is 2. The smallest absolute Gasteiger partial charge is 0.322 e. The SMILES string of the molecule is CCN1C(=O)NC(c2ccc(Cl)cc2Cl)C2=C1CN(CCC(=O)NC(C)C)C2=O. The van der Waals surface area contributed by atoms with Crippen molar-refractivity contribution in [3.8, 4) is 0 Å². The van der Waals surface area contributed by atoms with Crippen molar-refractivity contribution in [3.05, 3.63) is 45.1 Å². The van der Waals surface area contributed by atoms with Gasteiger partial charge >= 0.3 is 6.03 Å². The first kappa shape index (κ1) is 21.5. The van der Waals surface area contributed by atoms with Crippen LogP contribution in [0.1, 0.15) is 38.8 Å². The number of urea groups is 1. The number of nitrogens with one attached hydrogen (secondary N) is 2. The van der Waals surface area contributed by atoms with Crippen molar-refractivity contribution in [1.82, 2.24) is 20.4 Å². The molecule has 2 aliphatic heterocycles. The third-order valence-electron chi connectivity index (χ3n) is 4.94. The molecule has 1 aromatic rings. The molecule has 0 saturated carbocycles. The Kier molecular flexibility index (Phi) is 6.39. The zero-order valence-electron chi connectivity index (χ0n) is 16.6. The van der Waals surface area contributed by atoms with Gasteiger partial charge in [-0.25, -0.2) is 4.79 Å². The van der Waals surface area contributed by atoms with Crippen LogP contribution in [-0.2, 0) is 9.59 Å². The number of nitrogens with zero attached hydrogens (tertiary/aromatic N) is 2. The van der Waals surface area contributed by atoms with Gasteiger partial charge < -0.3 is 15.5 Å². The van der Waals surface area contributed by atoms with Gasteiger partial charge in [0.2, 0.25) is 5.91 Å². The number of amides is 4. The summed E-state index contributed by atoms with van der Waals surface area (Å²) in [6.45, 7) is 6.61. The Labute approximate surface area is 180 Å². The zero-order valence-corrected chi connectivity index (χ0v) is 18.1. The summed E-state index contributed by atoms with van der Waals surface area (Å²) in [4.78, 5) is 41.0. The summed E-state index contributed by atoms with van der Waals surface area (Å²) in [5.41, 5.74) is 1.75. The fourth-order valence-corrected chi connectivity index (χ4v) is 4.18. The van der Waals surface area contributed by atoms with E-state index in [1.807, 2.05) is 20.8 Å². The van der Waals surface area contributed by atoms with Crippen LogP contribution < -0.4 is 10.6 Å². The lowest BCUT2D eigenvalue weighted by Gasteiger charge is -2.33. The summed E-state index contributed by atoms with van der Waals surface area (Å²) in [6, 6.07) is 4.08. The Bertz CT molecular complexity index is 884. The average molecular weight is 439 g/mol. The summed E-state index contributed by atoms with van der Waals surface area (Å²) in [5.74, 6) is -0.316. The lowest BCUT2D eigenvalue weighted by atomic mass is 9.95. The van der Waals surface area contributed by atoms with Crippen LogP contribution in [0.3, 0.4) is 0 Å². The highest BCUT2D eigenvalue weighted by molar-refractivity contribution is 6.35. The van der Waals surface area contributed by atoms with E-state index in [0.717, 1.165) is 0 Å². The number of carbonyl (C=O) groups is 3. The van der Waals surface area contributed by atoms with Gasteiger partial charge in [0, 0.05) is 35.6 Å². The van der Waals surface area contributed by atoms with Gasteiger partial charge in [-0.05, 0) is 38.5 Å². The number of benzene rings is 1. The Morgan fingerprint density at radius 1 is 1.31 bits per heavy atom. The van der Waals surface area contributed by atoms with Crippen LogP contribution in [0.4, 0.5) is 4.79 Å². The molecule has 2 heterocycles. The van der Waals surface area contributed by atoms with Crippen molar-refractivity contribution in [2.24, 2.45) is 0 Å². The van der Waals surface area contributed by atoms with Crippen LogP contribution in [0, 0.1) is 0 Å². The van der Waals surface area contributed by atoms with Gasteiger partial charge in [0.15, 0.2) is 0 Å². The van der Waals surface area contributed by atoms with Crippen molar-refractivity contribution in [2.75, 3.05) is 19.6 Å². The van der Waals surface area contributed by atoms with Crippen LogP contribution in [-0.4, -0.2) is 53.3 Å². The standard InChI is InChI=1S/C20H24Cl2N4O3/c1-4-26-15-10-25(8-7-16(27)23-11(2)3)19(28)17(15)18(24-20(26)29)13-6-5-12(21)9-14(13)22/h5-6,9,11,18H,4,7-8,10H2,1-3H3,(H,23,27)(H,24,29). The summed E-state index contributed by atoms with van der Waals surface area (Å²) in [7, 11) is 0. The number of hydrogen-bond donors (Lipinski definition) is 2. The van der Waals surface area contributed by atoms with Crippen molar-refractivity contribution in [2.45, 2.75) is 39.3 Å². The minimum Gasteiger partial charge on any atom is -0.354 e. The summed E-state index contributed by atoms with van der Waals surface area (Å²) in [5, 5.41) is 6.55. The molecule has 0 fully saturated rings. The summed E-state index contributed by atoms with van der Waals surface area (Å²) >= 11 is 12.4. The van der Waals surface area contributed by atoms with Gasteiger partial charge in [0.25, 0.3) is 5.91 Å². The predicted octanol–water partition coefficient (Wildman–Crippen LogP) is 3.09. The Morgan fingerprint density at radius 2 is 2.03 bits per heavy atom. The fraction of sp³-hybridized carbons (Fsp3) is 0.450. The van der Waals surface area contributed by atoms with Crippen LogP contribution in [0.5, 0.6) is 0 Å². The van der Waals surface area contributed by atoms with Gasteiger partial charge in [-0.3, -0.25) is 14.5 Å². The molecule has 29 heavy (non-hydrogen) atoms. The Hall–Kier alpha value is -2.25. The van der Waals surface area contributed by atoms with Crippen molar-refractivity contribution < 1.29 is 14.4 Å². The number of carbonyl (C=O) groups excluding carboxylic acids is 3. The molecule has 2 aliphatic rings. The first-order valence-corrected chi connectivity index (χ1v) is 10.3. The maximum Gasteiger partial charge on any atom is 0.322 e. The van der Waals surface area contributed by atoms with Gasteiger partial charge in [-0.1, -0.05) is 29.3 Å². The predicted molar refractivity (Wildman–Crippen MR) is 112 cm³/mol. The first-order valence-electron chi connectivity index (χ1n) is 9.57. The minimum absolute atomic E-state index is 0.0388. The van der Waals surface area contributed by atoms with Crippen LogP contribution in [0.25, 0.3) is 0 Å². The molecule has 0 radical (unpaired) electrons. The Balaban J connectivity index is 1.88. The molecule has 0 bridgehead atoms. The second kappa shape index (κ2) is 8.63. The number of hydrogen-bond acceptors (Lipinski definition) is 3. The largest absolute Gasteiger partial charge is 0.354 e. The molecule has 4 amide bonds. The van der Waals surface area contributed by atoms with Crippen LogP contribution in [0.2, 0.25) is 10.0 Å². The maximum atomic E-state index is 13.2. The summed E-state index contributed by atoms with van der Waals surface area (Å²) < 4.78 is 0. The summed E-state index contributed by atoms with van der Waals surface area (Å²) in [6.07, 6.45) is 0.199. The second-order valence-corrected chi connectivity index (χ2v) is 8.20. The van der Waals surface area contributed by atoms with E-state index < -0.39 is 6.04 Å². The molecular weight excluding hydrogens is 415 g/mol. The molecule has 0 aromatic heterocycles. The second-order valence-electron chi connectivity index (χ2n) is 7.35. The van der Waals surface area contributed by atoms with Crippen LogP contribution in [0.15, 0.2) is 29.5 Å². The molecule has 1 unspecified atom stereocenters. The molecule has 0 spiro atoms. The normalized spacial score (nSPS) is 19.0. The average Bonchev–Trinajstić information content (AvgIpc) is 2.95. The third kappa shape index (κ3) is 4.36. The monoisotopic (exact) mass is 438 g/mol. The Morgan fingerprint density at radius 3 is 2.66 bits per heavy atom. The lowest BCUT2D eigenvalue weighted by molar-refractivity contribution is -0.127. The molecule has 1 atom stereocenters. The van der Waals surface area contributed by atoms with Gasteiger partial charge in [-0.15, -0.1) is 0 Å². The van der Waals surface area contributed by atoms with E-state index in [1.165, 1.54) is 0 Å². The number of likely N-dealkylation sites (N-methyl/N-ethyl adjacent to an activating group) is 1. The molecule has 156 valence electrons. The van der Waals surface area contributed by atoms with Gasteiger partial charge in [-0.2, -0.15) is 0 Å². The fourth-order valence-electron chi connectivity index (χ4n) is 3.66. The van der Waals surface area contributed by atoms with E-state index in [9.17, 15) is 14.4 Å². The highest BCUT2D eigenvalue weighted by Gasteiger charge is 2.44. The molecule has 9 heteroatoms. The maximum absolute atomic E-state index is 13.2. The highest BCUT2D eigenvalue weighted by atomic mass is 35.5. The highest BCUT2D eigenvalue weighted by Crippen LogP contribution is 2.39. The van der Waals surface area contributed by atoms with Gasteiger partial charge in [0.1, 0.15) is 0 Å². The first-order chi connectivity index (χ1) is 13.7. The molecule has 2 N–H and O–H groups in total. The van der Waals surface area contributed by atoms with Gasteiger partial charge in [0.05, 0.1) is 23.9 Å². The molecule has 3 rings (SSSR count). The minimum atomic E-state index is -0.660. The topological polar surface area (TPSA) is 81.8 Å². The molecule has 1 aromatic carbocycles. The van der Waals surface area contributed by atoms with E-state index in [-0.39, 0.29) is 43.4 Å². The molecule has 0 saturated heterocycles. The van der Waals surface area contributed by atoms with E-state index in [2.05, 4.69) is 10.6 Å². The zero-order chi connectivity index (χ0) is 21.3. The molecule has 7 nitrogen and oxygen atoms in total. The quantitative estimate of drug-likeness (QED) is 0.715. The van der Waals surface area contributed by atoms with E-state index >= 15 is 0 Å². The van der Waals surface area contributed by atoms with Crippen LogP contribution >= 0.6 is 23.2 Å². The van der Waals surface area contributed by atoms with Crippen molar-refractivity contribution in [3.63, 3.8) is 0 Å². The van der Waals surface area contributed by atoms with E-state index in [1.54, 1.807) is 28.0 Å². The molecule has 0 aliphatic carbocycles. The van der Waals surface area contributed by atoms with E-state index in [4.69, 9.17) is 23.2 Å². The third-order valence-corrected chi connectivity index (χ3v) is 5.51. The molecular formula is C20H24Cl2N4O3. The lowest BCUT2D eigenvalue weighted by Crippen LogP contribution is -2.47. The van der Waals surface area contributed by atoms with E-state index in [0.29, 0.717) is 33.4 Å². The van der Waals surface area contributed by atoms with Crippen molar-refractivity contribution >= 4 is 41.0 Å². The van der Waals surface area contributed by atoms with Crippen molar-refractivity contribution in [1.29, 1.82) is 0 Å².